The predicted molar refractivity (Wildman–Crippen MR) is 70.0 cm³/mol. The van der Waals surface area contributed by atoms with E-state index >= 15 is 0 Å². The van der Waals surface area contributed by atoms with Gasteiger partial charge in [0, 0.05) is 0 Å². The van der Waals surface area contributed by atoms with Crippen LogP contribution in [0.1, 0.15) is 51.9 Å². The normalized spacial score (nSPS) is 11.7. The van der Waals surface area contributed by atoms with Crippen LogP contribution in [0.4, 0.5) is 0 Å². The van der Waals surface area contributed by atoms with Gasteiger partial charge in [-0.1, -0.05) is 45.6 Å². The van der Waals surface area contributed by atoms with Gasteiger partial charge < -0.3 is 4.48 Å². The van der Waals surface area contributed by atoms with E-state index in [4.69, 9.17) is 0 Å². The van der Waals surface area contributed by atoms with Gasteiger partial charge in [0.15, 0.2) is 0 Å². The zero-order valence-corrected chi connectivity index (χ0v) is 11.1. The number of hydrogen-bond acceptors (Lipinski definition) is 0. The fourth-order valence-electron chi connectivity index (χ4n) is 1.94. The second-order valence-corrected chi connectivity index (χ2v) is 5.25. The summed E-state index contributed by atoms with van der Waals surface area (Å²) in [6.45, 7) is 8.47. The highest BCUT2D eigenvalue weighted by Gasteiger charge is 2.10. The van der Waals surface area contributed by atoms with Crippen LogP contribution in [-0.2, 0) is 0 Å². The number of hydrogen-bond donors (Lipinski definition) is 0. The Morgan fingerprint density at radius 1 is 0.933 bits per heavy atom. The molecular formula is C14H30N+. The maximum Gasteiger partial charge on any atom is 0.0966 e. The summed E-state index contributed by atoms with van der Waals surface area (Å²) >= 11 is 0. The molecule has 1 heteroatoms. The Bertz CT molecular complexity index is 149. The minimum atomic E-state index is 1.09. The van der Waals surface area contributed by atoms with E-state index in [0.717, 1.165) is 11.0 Å². The Labute approximate surface area is 96.8 Å². The van der Waals surface area contributed by atoms with Crippen molar-refractivity contribution in [1.82, 2.24) is 0 Å². The summed E-state index contributed by atoms with van der Waals surface area (Å²) in [5.41, 5.74) is 0. The molecule has 0 aliphatic rings. The molecule has 90 valence electrons. The Hall–Kier alpha value is -0.300. The Morgan fingerprint density at radius 2 is 1.47 bits per heavy atom. The van der Waals surface area contributed by atoms with Gasteiger partial charge in [-0.2, -0.15) is 0 Å². The van der Waals surface area contributed by atoms with Crippen molar-refractivity contribution < 1.29 is 4.48 Å². The van der Waals surface area contributed by atoms with Crippen LogP contribution in [0.25, 0.3) is 0 Å². The third-order valence-corrected chi connectivity index (χ3v) is 2.99. The average molecular weight is 212 g/mol. The van der Waals surface area contributed by atoms with E-state index in [1.54, 1.807) is 0 Å². The fraction of sp³-hybridized carbons (Fsp3) is 0.857. The molecule has 0 fully saturated rings. The lowest BCUT2D eigenvalue weighted by atomic mass is 10.1. The van der Waals surface area contributed by atoms with Crippen LogP contribution < -0.4 is 0 Å². The average Bonchev–Trinajstić information content (AvgIpc) is 2.16. The summed E-state index contributed by atoms with van der Waals surface area (Å²) < 4.78 is 1.10. The molecule has 0 spiro atoms. The molecule has 0 atom stereocenters. The van der Waals surface area contributed by atoms with E-state index in [-0.39, 0.29) is 0 Å². The number of rotatable bonds is 10. The smallest absolute Gasteiger partial charge is 0.0966 e. The molecule has 0 unspecified atom stereocenters. The van der Waals surface area contributed by atoms with Gasteiger partial charge in [-0.05, 0) is 18.9 Å². The molecule has 0 heterocycles. The SMILES string of the molecule is C=CC[N+](C)(C)CCCCCCCCC. The van der Waals surface area contributed by atoms with Crippen LogP contribution in [0.5, 0.6) is 0 Å². The molecule has 0 bridgehead atoms. The number of nitrogens with zero attached hydrogens (tertiary/aromatic N) is 1. The van der Waals surface area contributed by atoms with Crippen LogP contribution >= 0.6 is 0 Å². The molecule has 0 radical (unpaired) electrons. The summed E-state index contributed by atoms with van der Waals surface area (Å²) in [6, 6.07) is 0. The maximum atomic E-state index is 3.81. The molecule has 0 aliphatic heterocycles. The highest BCUT2D eigenvalue weighted by Crippen LogP contribution is 2.09. The van der Waals surface area contributed by atoms with E-state index in [1.165, 1.54) is 51.5 Å². The molecule has 0 N–H and O–H groups in total. The lowest BCUT2D eigenvalue weighted by molar-refractivity contribution is -0.884. The predicted octanol–water partition coefficient (Wildman–Crippen LogP) is 4.00. The highest BCUT2D eigenvalue weighted by atomic mass is 15.3. The standard InChI is InChI=1S/C14H30N/c1-5-7-8-9-10-11-12-14-15(3,4)13-6-2/h6H,2,5,7-14H2,1,3-4H3/q+1. The zero-order valence-electron chi connectivity index (χ0n) is 11.1. The van der Waals surface area contributed by atoms with Crippen LogP contribution in [0.15, 0.2) is 12.7 Å². The first-order valence-electron chi connectivity index (χ1n) is 6.55. The van der Waals surface area contributed by atoms with Crippen molar-refractivity contribution >= 4 is 0 Å². The van der Waals surface area contributed by atoms with Gasteiger partial charge in [-0.15, -0.1) is 0 Å². The van der Waals surface area contributed by atoms with Crippen molar-refractivity contribution in [3.8, 4) is 0 Å². The van der Waals surface area contributed by atoms with Crippen molar-refractivity contribution in [2.24, 2.45) is 0 Å². The lowest BCUT2D eigenvalue weighted by Crippen LogP contribution is -2.40. The van der Waals surface area contributed by atoms with Crippen LogP contribution in [0.3, 0.4) is 0 Å². The molecule has 0 aromatic rings. The fourth-order valence-corrected chi connectivity index (χ4v) is 1.94. The van der Waals surface area contributed by atoms with Gasteiger partial charge in [0.2, 0.25) is 0 Å². The van der Waals surface area contributed by atoms with E-state index in [0.29, 0.717) is 0 Å². The van der Waals surface area contributed by atoms with Gasteiger partial charge in [0.25, 0.3) is 0 Å². The molecule has 0 aromatic heterocycles. The van der Waals surface area contributed by atoms with Crippen molar-refractivity contribution in [3.63, 3.8) is 0 Å². The molecular weight excluding hydrogens is 182 g/mol. The number of quaternary nitrogens is 1. The molecule has 0 amide bonds. The van der Waals surface area contributed by atoms with Gasteiger partial charge in [0.1, 0.15) is 0 Å². The van der Waals surface area contributed by atoms with Gasteiger partial charge >= 0.3 is 0 Å². The maximum absolute atomic E-state index is 3.81. The Morgan fingerprint density at radius 3 is 2.00 bits per heavy atom. The first-order chi connectivity index (χ1) is 7.12. The molecule has 0 aliphatic carbocycles. The first-order valence-corrected chi connectivity index (χ1v) is 6.55. The molecule has 1 nitrogen and oxygen atoms in total. The van der Waals surface area contributed by atoms with Gasteiger partial charge in [-0.25, -0.2) is 0 Å². The van der Waals surface area contributed by atoms with Crippen LogP contribution in [0.2, 0.25) is 0 Å². The van der Waals surface area contributed by atoms with Crippen molar-refractivity contribution in [2.75, 3.05) is 27.2 Å². The summed E-state index contributed by atoms with van der Waals surface area (Å²) in [4.78, 5) is 0. The molecule has 0 rings (SSSR count). The topological polar surface area (TPSA) is 0 Å². The second kappa shape index (κ2) is 8.96. The zero-order chi connectivity index (χ0) is 11.6. The molecule has 0 saturated carbocycles. The largest absolute Gasteiger partial charge is 0.325 e. The van der Waals surface area contributed by atoms with Crippen LogP contribution in [-0.4, -0.2) is 31.7 Å². The first kappa shape index (κ1) is 14.7. The molecule has 0 aromatic carbocycles. The monoisotopic (exact) mass is 212 g/mol. The van der Waals surface area contributed by atoms with E-state index in [9.17, 15) is 0 Å². The second-order valence-electron chi connectivity index (χ2n) is 5.25. The summed E-state index contributed by atoms with van der Waals surface area (Å²) in [5.74, 6) is 0. The van der Waals surface area contributed by atoms with Gasteiger partial charge in [0.05, 0.1) is 27.2 Å². The Kier molecular flexibility index (Phi) is 8.79. The van der Waals surface area contributed by atoms with E-state index in [1.807, 2.05) is 6.08 Å². The van der Waals surface area contributed by atoms with Gasteiger partial charge in [-0.3, -0.25) is 0 Å². The van der Waals surface area contributed by atoms with E-state index in [2.05, 4.69) is 27.6 Å². The van der Waals surface area contributed by atoms with Crippen molar-refractivity contribution in [1.29, 1.82) is 0 Å². The minimum absolute atomic E-state index is 1.09. The molecule has 15 heavy (non-hydrogen) atoms. The van der Waals surface area contributed by atoms with Crippen LogP contribution in [0, 0.1) is 0 Å². The lowest BCUT2D eigenvalue weighted by Gasteiger charge is -2.28. The van der Waals surface area contributed by atoms with E-state index < -0.39 is 0 Å². The summed E-state index contributed by atoms with van der Waals surface area (Å²) in [7, 11) is 4.58. The highest BCUT2D eigenvalue weighted by molar-refractivity contribution is 4.64. The van der Waals surface area contributed by atoms with Crippen molar-refractivity contribution in [2.45, 2.75) is 51.9 Å². The third kappa shape index (κ3) is 9.99. The summed E-state index contributed by atoms with van der Waals surface area (Å²) in [5, 5.41) is 0. The number of unbranched alkanes of at least 4 members (excludes halogenated alkanes) is 6. The summed E-state index contributed by atoms with van der Waals surface area (Å²) in [6.07, 6.45) is 11.9. The quantitative estimate of drug-likeness (QED) is 0.292. The third-order valence-electron chi connectivity index (χ3n) is 2.99. The van der Waals surface area contributed by atoms with Crippen molar-refractivity contribution in [3.05, 3.63) is 12.7 Å². The Balaban J connectivity index is 3.26. The number of likely N-dealkylation sites (N-methyl/N-ethyl adjacent to an activating group) is 1. The minimum Gasteiger partial charge on any atom is -0.325 e. The molecule has 0 saturated heterocycles.